The Labute approximate surface area is 176 Å². The van der Waals surface area contributed by atoms with Crippen LogP contribution in [0.4, 0.5) is 0 Å². The molecule has 2 aromatic heterocycles. The highest BCUT2D eigenvalue weighted by atomic mass is 16.7. The summed E-state index contributed by atoms with van der Waals surface area (Å²) in [5.74, 6) is 6.37. The zero-order chi connectivity index (χ0) is 21.4. The van der Waals surface area contributed by atoms with Crippen molar-refractivity contribution in [2.75, 3.05) is 13.2 Å². The molecule has 8 heteroatoms. The first-order chi connectivity index (χ1) is 14.2. The molecule has 2 aromatic rings. The Morgan fingerprint density at radius 3 is 2.70 bits per heavy atom. The van der Waals surface area contributed by atoms with Gasteiger partial charge in [-0.3, -0.25) is 0 Å². The molecule has 3 heterocycles. The van der Waals surface area contributed by atoms with E-state index in [-0.39, 0.29) is 17.8 Å². The second kappa shape index (κ2) is 7.99. The minimum atomic E-state index is -1.07. The largest absolute Gasteiger partial charge is 0.488 e. The molecule has 1 aliphatic carbocycles. The summed E-state index contributed by atoms with van der Waals surface area (Å²) in [7, 11) is 0. The van der Waals surface area contributed by atoms with Crippen molar-refractivity contribution in [1.82, 2.24) is 20.0 Å². The van der Waals surface area contributed by atoms with Crippen LogP contribution in [0.2, 0.25) is 0 Å². The van der Waals surface area contributed by atoms with Gasteiger partial charge >= 0.3 is 0 Å². The van der Waals surface area contributed by atoms with Crippen molar-refractivity contribution < 1.29 is 19.3 Å². The van der Waals surface area contributed by atoms with E-state index in [1.807, 2.05) is 12.3 Å². The molecule has 1 saturated carbocycles. The molecule has 1 N–H and O–H groups in total. The van der Waals surface area contributed by atoms with Gasteiger partial charge in [-0.25, -0.2) is 9.67 Å². The molecule has 1 saturated heterocycles. The molecule has 0 aromatic carbocycles. The first-order valence-electron chi connectivity index (χ1n) is 10.2. The maximum atomic E-state index is 9.84. The zero-order valence-electron chi connectivity index (χ0n) is 17.9. The van der Waals surface area contributed by atoms with Crippen molar-refractivity contribution in [1.29, 1.82) is 0 Å². The van der Waals surface area contributed by atoms with Crippen molar-refractivity contribution in [3.8, 4) is 29.0 Å². The van der Waals surface area contributed by atoms with E-state index in [1.165, 1.54) is 0 Å². The van der Waals surface area contributed by atoms with Crippen LogP contribution >= 0.6 is 0 Å². The summed E-state index contributed by atoms with van der Waals surface area (Å²) in [5, 5.41) is 18.3. The van der Waals surface area contributed by atoms with E-state index in [2.05, 4.69) is 41.0 Å². The Kier molecular flexibility index (Phi) is 5.53. The predicted octanol–water partition coefficient (Wildman–Crippen LogP) is 2.40. The van der Waals surface area contributed by atoms with Crippen molar-refractivity contribution >= 4 is 0 Å². The molecule has 0 bridgehead atoms. The number of aromatic nitrogens is 4. The standard InChI is InChI=1S/C22H28N4O4/c1-21(2)13-28-19(29-14-21)12-26-11-17(24-25-26)20-18(30-16-5-6-16)9-15(10-23-20)7-8-22(3,4)27/h9-11,16,19,27H,5-6,12-14H2,1-4H3. The van der Waals surface area contributed by atoms with Gasteiger partial charge < -0.3 is 19.3 Å². The first-order valence-corrected chi connectivity index (χ1v) is 10.2. The van der Waals surface area contributed by atoms with Crippen LogP contribution < -0.4 is 4.74 Å². The van der Waals surface area contributed by atoms with Crippen molar-refractivity contribution in [2.45, 2.75) is 65.1 Å². The molecule has 0 atom stereocenters. The number of pyridine rings is 1. The Morgan fingerprint density at radius 1 is 1.30 bits per heavy atom. The lowest BCUT2D eigenvalue weighted by Crippen LogP contribution is -2.39. The molecule has 0 radical (unpaired) electrons. The van der Waals surface area contributed by atoms with E-state index < -0.39 is 5.60 Å². The van der Waals surface area contributed by atoms with Crippen LogP contribution in [0.25, 0.3) is 11.4 Å². The van der Waals surface area contributed by atoms with Crippen molar-refractivity contribution in [3.05, 3.63) is 24.0 Å². The van der Waals surface area contributed by atoms with Crippen LogP contribution in [0.3, 0.4) is 0 Å². The number of nitrogens with zero attached hydrogens (tertiary/aromatic N) is 4. The lowest BCUT2D eigenvalue weighted by atomic mass is 9.96. The molecule has 160 valence electrons. The summed E-state index contributed by atoms with van der Waals surface area (Å²) < 4.78 is 19.3. The summed E-state index contributed by atoms with van der Waals surface area (Å²) in [6.07, 6.45) is 5.38. The molecular weight excluding hydrogens is 384 g/mol. The summed E-state index contributed by atoms with van der Waals surface area (Å²) in [5.41, 5.74) is 0.865. The average Bonchev–Trinajstić information content (AvgIpc) is 3.37. The lowest BCUT2D eigenvalue weighted by molar-refractivity contribution is -0.227. The van der Waals surface area contributed by atoms with Gasteiger partial charge in [0.1, 0.15) is 22.7 Å². The van der Waals surface area contributed by atoms with Gasteiger partial charge in [-0.15, -0.1) is 5.10 Å². The van der Waals surface area contributed by atoms with E-state index in [1.54, 1.807) is 24.7 Å². The summed E-state index contributed by atoms with van der Waals surface area (Å²) >= 11 is 0. The third-order valence-electron chi connectivity index (χ3n) is 4.62. The molecule has 2 aliphatic rings. The van der Waals surface area contributed by atoms with Gasteiger partial charge in [0.2, 0.25) is 0 Å². The van der Waals surface area contributed by atoms with Crippen molar-refractivity contribution in [3.63, 3.8) is 0 Å². The second-order valence-corrected chi connectivity index (χ2v) is 9.24. The molecule has 8 nitrogen and oxygen atoms in total. The van der Waals surface area contributed by atoms with E-state index >= 15 is 0 Å². The number of ether oxygens (including phenoxy) is 3. The van der Waals surface area contributed by atoms with Gasteiger partial charge in [0, 0.05) is 17.2 Å². The first kappa shape index (κ1) is 20.8. The molecule has 2 fully saturated rings. The number of rotatable bonds is 5. The maximum Gasteiger partial charge on any atom is 0.177 e. The Morgan fingerprint density at radius 2 is 2.03 bits per heavy atom. The van der Waals surface area contributed by atoms with Gasteiger partial charge in [0.25, 0.3) is 0 Å². The third-order valence-corrected chi connectivity index (χ3v) is 4.62. The van der Waals surface area contributed by atoms with E-state index in [0.29, 0.717) is 42.5 Å². The predicted molar refractivity (Wildman–Crippen MR) is 110 cm³/mol. The quantitative estimate of drug-likeness (QED) is 0.754. The van der Waals surface area contributed by atoms with Crippen LogP contribution in [-0.4, -0.2) is 56.3 Å². The molecular formula is C22H28N4O4. The topological polar surface area (TPSA) is 91.5 Å². The normalized spacial score (nSPS) is 19.2. The highest BCUT2D eigenvalue weighted by Gasteiger charge is 2.29. The SMILES string of the molecule is CC(C)(O)C#Cc1cnc(-c2cn(CC3OCC(C)(C)CO3)nn2)c(OC2CC2)c1. The minimum absolute atomic E-state index is 0.0267. The maximum absolute atomic E-state index is 9.84. The Hall–Kier alpha value is -2.47. The molecule has 1 aliphatic heterocycles. The monoisotopic (exact) mass is 412 g/mol. The van der Waals surface area contributed by atoms with Crippen molar-refractivity contribution in [2.24, 2.45) is 5.41 Å². The Balaban J connectivity index is 1.52. The van der Waals surface area contributed by atoms with Gasteiger partial charge in [-0.2, -0.15) is 0 Å². The summed E-state index contributed by atoms with van der Waals surface area (Å²) in [6, 6.07) is 1.84. The van der Waals surface area contributed by atoms with E-state index in [9.17, 15) is 5.11 Å². The van der Waals surface area contributed by atoms with Gasteiger partial charge in [-0.05, 0) is 32.8 Å². The number of hydrogen-bond donors (Lipinski definition) is 1. The highest BCUT2D eigenvalue weighted by Crippen LogP contribution is 2.33. The van der Waals surface area contributed by atoms with Crippen LogP contribution in [-0.2, 0) is 16.0 Å². The van der Waals surface area contributed by atoms with E-state index in [4.69, 9.17) is 14.2 Å². The van der Waals surface area contributed by atoms with Crippen LogP contribution in [0.15, 0.2) is 18.5 Å². The second-order valence-electron chi connectivity index (χ2n) is 9.24. The summed E-state index contributed by atoms with van der Waals surface area (Å²) in [6.45, 7) is 9.25. The van der Waals surface area contributed by atoms with Crippen LogP contribution in [0.1, 0.15) is 46.1 Å². The fourth-order valence-corrected chi connectivity index (χ4v) is 2.87. The smallest absolute Gasteiger partial charge is 0.177 e. The average molecular weight is 412 g/mol. The van der Waals surface area contributed by atoms with Gasteiger partial charge in [0.05, 0.1) is 32.1 Å². The number of aliphatic hydroxyl groups is 1. The zero-order valence-corrected chi connectivity index (χ0v) is 17.9. The molecule has 0 unspecified atom stereocenters. The lowest BCUT2D eigenvalue weighted by Gasteiger charge is -2.34. The summed E-state index contributed by atoms with van der Waals surface area (Å²) in [4.78, 5) is 4.52. The highest BCUT2D eigenvalue weighted by molar-refractivity contribution is 5.63. The van der Waals surface area contributed by atoms with E-state index in [0.717, 1.165) is 12.8 Å². The molecule has 0 spiro atoms. The molecule has 30 heavy (non-hydrogen) atoms. The van der Waals surface area contributed by atoms with Crippen LogP contribution in [0.5, 0.6) is 5.75 Å². The van der Waals surface area contributed by atoms with Gasteiger partial charge in [0.15, 0.2) is 6.29 Å². The van der Waals surface area contributed by atoms with Gasteiger partial charge in [-0.1, -0.05) is 30.9 Å². The Bertz CT molecular complexity index is 953. The fraction of sp³-hybridized carbons (Fsp3) is 0.591. The third kappa shape index (κ3) is 5.57. The molecule has 0 amide bonds. The fourth-order valence-electron chi connectivity index (χ4n) is 2.87. The molecule has 4 rings (SSSR count). The van der Waals surface area contributed by atoms with Crippen LogP contribution in [0, 0.1) is 17.3 Å². The number of hydrogen-bond acceptors (Lipinski definition) is 7. The minimum Gasteiger partial charge on any atom is -0.488 e.